The van der Waals surface area contributed by atoms with Gasteiger partial charge >= 0.3 is 5.97 Å². The zero-order valence-corrected chi connectivity index (χ0v) is 10.9. The molecule has 0 amide bonds. The predicted octanol–water partition coefficient (Wildman–Crippen LogP) is 2.41. The lowest BCUT2D eigenvalue weighted by Crippen LogP contribution is -2.16. The van der Waals surface area contributed by atoms with Crippen molar-refractivity contribution in [3.63, 3.8) is 0 Å². The van der Waals surface area contributed by atoms with E-state index >= 15 is 0 Å². The second-order valence-corrected chi connectivity index (χ2v) is 4.48. The first kappa shape index (κ1) is 13.0. The van der Waals surface area contributed by atoms with Crippen LogP contribution < -0.4 is 0 Å². The highest BCUT2D eigenvalue weighted by atomic mass is 16.5. The Morgan fingerprint density at radius 2 is 1.38 bits per heavy atom. The van der Waals surface area contributed by atoms with Crippen LogP contribution in [0.5, 0.6) is 0 Å². The van der Waals surface area contributed by atoms with E-state index in [9.17, 15) is 14.4 Å². The van der Waals surface area contributed by atoms with Crippen LogP contribution in [0, 0.1) is 0 Å². The minimum atomic E-state index is -1.02. The van der Waals surface area contributed by atoms with Gasteiger partial charge in [0.1, 0.15) is 5.57 Å². The average Bonchev–Trinajstić information content (AvgIpc) is 2.84. The van der Waals surface area contributed by atoms with Gasteiger partial charge in [-0.15, -0.1) is 0 Å². The van der Waals surface area contributed by atoms with Crippen LogP contribution in [0.2, 0.25) is 0 Å². The SMILES string of the molecule is O=C1OC(c2ccccc2)=C(C(=O)c2ccccc2)C1=O. The summed E-state index contributed by atoms with van der Waals surface area (Å²) in [5.41, 5.74) is 0.654. The number of ketones is 2. The maximum absolute atomic E-state index is 12.5. The fraction of sp³-hybridized carbons (Fsp3) is 0. The summed E-state index contributed by atoms with van der Waals surface area (Å²) in [6, 6.07) is 17.0. The Morgan fingerprint density at radius 1 is 0.810 bits per heavy atom. The number of benzene rings is 2. The molecular weight excluding hydrogens is 268 g/mol. The number of cyclic esters (lactones) is 1. The van der Waals surface area contributed by atoms with Crippen LogP contribution in [0.4, 0.5) is 0 Å². The largest absolute Gasteiger partial charge is 0.419 e. The van der Waals surface area contributed by atoms with Crippen molar-refractivity contribution in [2.75, 3.05) is 0 Å². The number of hydrogen-bond acceptors (Lipinski definition) is 4. The molecular formula is C17H10O4. The molecule has 2 aromatic carbocycles. The van der Waals surface area contributed by atoms with Gasteiger partial charge in [-0.1, -0.05) is 60.7 Å². The summed E-state index contributed by atoms with van der Waals surface area (Å²) in [4.78, 5) is 36.0. The Kier molecular flexibility index (Phi) is 3.20. The molecule has 3 rings (SSSR count). The number of Topliss-reactive ketones (excluding diaryl/α,β-unsaturated/α-hetero) is 2. The number of ether oxygens (including phenoxy) is 1. The fourth-order valence-corrected chi connectivity index (χ4v) is 2.13. The lowest BCUT2D eigenvalue weighted by molar-refractivity contribution is -0.144. The van der Waals surface area contributed by atoms with Crippen LogP contribution in [-0.2, 0) is 14.3 Å². The van der Waals surface area contributed by atoms with Crippen LogP contribution in [-0.4, -0.2) is 17.5 Å². The summed E-state index contributed by atoms with van der Waals surface area (Å²) in [6.45, 7) is 0. The molecule has 0 radical (unpaired) electrons. The monoisotopic (exact) mass is 278 g/mol. The topological polar surface area (TPSA) is 60.4 Å². The Labute approximate surface area is 120 Å². The summed E-state index contributed by atoms with van der Waals surface area (Å²) < 4.78 is 4.99. The third-order valence-electron chi connectivity index (χ3n) is 3.13. The van der Waals surface area contributed by atoms with Crippen molar-refractivity contribution in [2.45, 2.75) is 0 Å². The van der Waals surface area contributed by atoms with Gasteiger partial charge in [-0.25, -0.2) is 4.79 Å². The molecule has 0 saturated carbocycles. The standard InChI is InChI=1S/C17H10O4/c18-14(11-7-3-1-4-8-11)13-15(19)17(20)21-16(13)12-9-5-2-6-10-12/h1-10H. The smallest absolute Gasteiger partial charge is 0.385 e. The number of hydrogen-bond donors (Lipinski definition) is 0. The molecule has 0 aliphatic carbocycles. The van der Waals surface area contributed by atoms with Gasteiger partial charge in [-0.05, 0) is 0 Å². The molecule has 1 heterocycles. The fourth-order valence-electron chi connectivity index (χ4n) is 2.13. The second-order valence-electron chi connectivity index (χ2n) is 4.48. The highest BCUT2D eigenvalue weighted by Crippen LogP contribution is 2.29. The molecule has 0 aromatic heterocycles. The second kappa shape index (κ2) is 5.17. The normalized spacial score (nSPS) is 14.3. The first-order valence-electron chi connectivity index (χ1n) is 6.34. The average molecular weight is 278 g/mol. The maximum atomic E-state index is 12.5. The van der Waals surface area contributed by atoms with E-state index in [1.54, 1.807) is 60.7 Å². The minimum Gasteiger partial charge on any atom is -0.419 e. The van der Waals surface area contributed by atoms with Crippen molar-refractivity contribution in [3.05, 3.63) is 77.4 Å². The Bertz CT molecular complexity index is 758. The molecule has 0 unspecified atom stereocenters. The van der Waals surface area contributed by atoms with Crippen LogP contribution in [0.3, 0.4) is 0 Å². The van der Waals surface area contributed by atoms with Gasteiger partial charge in [-0.2, -0.15) is 0 Å². The summed E-state index contributed by atoms with van der Waals surface area (Å²) in [7, 11) is 0. The number of carbonyl (C=O) groups excluding carboxylic acids is 3. The molecule has 0 N–H and O–H groups in total. The van der Waals surface area contributed by atoms with E-state index in [0.717, 1.165) is 0 Å². The lowest BCUT2D eigenvalue weighted by atomic mass is 9.98. The van der Waals surface area contributed by atoms with Gasteiger partial charge in [0.2, 0.25) is 5.78 Å². The van der Waals surface area contributed by atoms with Crippen LogP contribution in [0.15, 0.2) is 66.2 Å². The summed E-state index contributed by atoms with van der Waals surface area (Å²) in [5, 5.41) is 0. The third-order valence-corrected chi connectivity index (χ3v) is 3.13. The van der Waals surface area contributed by atoms with E-state index in [-0.39, 0.29) is 11.3 Å². The van der Waals surface area contributed by atoms with Crippen molar-refractivity contribution in [3.8, 4) is 0 Å². The Hall–Kier alpha value is -3.01. The molecule has 1 aliphatic heterocycles. The van der Waals surface area contributed by atoms with Gasteiger partial charge < -0.3 is 4.74 Å². The quantitative estimate of drug-likeness (QED) is 0.374. The van der Waals surface area contributed by atoms with Gasteiger partial charge in [0.15, 0.2) is 5.76 Å². The summed E-state index contributed by atoms with van der Waals surface area (Å²) in [6.07, 6.45) is 0. The first-order chi connectivity index (χ1) is 10.2. The van der Waals surface area contributed by atoms with Gasteiger partial charge in [0.05, 0.1) is 0 Å². The number of esters is 1. The van der Waals surface area contributed by atoms with Crippen molar-refractivity contribution in [1.82, 2.24) is 0 Å². The van der Waals surface area contributed by atoms with Crippen molar-refractivity contribution < 1.29 is 19.1 Å². The van der Waals surface area contributed by atoms with E-state index in [2.05, 4.69) is 0 Å². The van der Waals surface area contributed by atoms with Crippen molar-refractivity contribution >= 4 is 23.3 Å². The molecule has 0 fully saturated rings. The minimum absolute atomic E-state index is 0.0273. The molecule has 4 heteroatoms. The Morgan fingerprint density at radius 3 is 2.00 bits per heavy atom. The van der Waals surface area contributed by atoms with E-state index in [1.165, 1.54) is 0 Å². The van der Waals surface area contributed by atoms with E-state index < -0.39 is 17.5 Å². The van der Waals surface area contributed by atoms with E-state index in [4.69, 9.17) is 4.74 Å². The molecule has 102 valence electrons. The van der Waals surface area contributed by atoms with E-state index in [1.807, 2.05) is 0 Å². The Balaban J connectivity index is 2.13. The molecule has 0 saturated heterocycles. The summed E-state index contributed by atoms with van der Waals surface area (Å²) >= 11 is 0. The van der Waals surface area contributed by atoms with Crippen LogP contribution in [0.1, 0.15) is 15.9 Å². The molecule has 4 nitrogen and oxygen atoms in total. The van der Waals surface area contributed by atoms with Gasteiger partial charge in [0, 0.05) is 11.1 Å². The van der Waals surface area contributed by atoms with Gasteiger partial charge in [0.25, 0.3) is 5.78 Å². The molecule has 0 spiro atoms. The third kappa shape index (κ3) is 2.27. The van der Waals surface area contributed by atoms with Crippen molar-refractivity contribution in [1.29, 1.82) is 0 Å². The zero-order valence-electron chi connectivity index (χ0n) is 10.9. The molecule has 0 bridgehead atoms. The lowest BCUT2D eigenvalue weighted by Gasteiger charge is -2.04. The predicted molar refractivity (Wildman–Crippen MR) is 75.2 cm³/mol. The van der Waals surface area contributed by atoms with Crippen LogP contribution >= 0.6 is 0 Å². The molecule has 0 atom stereocenters. The highest BCUT2D eigenvalue weighted by Gasteiger charge is 2.39. The number of carbonyl (C=O) groups is 3. The molecule has 2 aromatic rings. The van der Waals surface area contributed by atoms with Gasteiger partial charge in [-0.3, -0.25) is 9.59 Å². The zero-order chi connectivity index (χ0) is 14.8. The maximum Gasteiger partial charge on any atom is 0.385 e. The van der Waals surface area contributed by atoms with E-state index in [0.29, 0.717) is 11.1 Å². The van der Waals surface area contributed by atoms with Crippen molar-refractivity contribution in [2.24, 2.45) is 0 Å². The highest BCUT2D eigenvalue weighted by molar-refractivity contribution is 6.53. The summed E-state index contributed by atoms with van der Waals surface area (Å²) in [5.74, 6) is -2.40. The van der Waals surface area contributed by atoms with Crippen LogP contribution in [0.25, 0.3) is 5.76 Å². The number of rotatable bonds is 3. The molecule has 21 heavy (non-hydrogen) atoms. The first-order valence-corrected chi connectivity index (χ1v) is 6.34. The molecule has 1 aliphatic rings.